The summed E-state index contributed by atoms with van der Waals surface area (Å²) in [5.41, 5.74) is 12.7. The van der Waals surface area contributed by atoms with E-state index in [0.29, 0.717) is 11.3 Å². The van der Waals surface area contributed by atoms with Crippen LogP contribution in [0, 0.1) is 18.3 Å². The molecule has 1 unspecified atom stereocenters. The second-order valence-corrected chi connectivity index (χ2v) is 8.03. The molecule has 0 bridgehead atoms. The highest BCUT2D eigenvalue weighted by Gasteiger charge is 2.35. The molecule has 1 aromatic heterocycles. The standard InChI is InChI=1S/C27H18N4O/c1-15-10-12-16(13-11-15)22-19(14-28)27(29)32-26-18-7-3-2-6-17(18)24-25(23(22)26)31-21-9-5-4-8-20(21)30-24/h2-13,22H,29H2,1H3. The van der Waals surface area contributed by atoms with Crippen LogP contribution in [0.2, 0.25) is 0 Å². The van der Waals surface area contributed by atoms with Gasteiger partial charge in [0, 0.05) is 16.3 Å². The zero-order chi connectivity index (χ0) is 21.8. The van der Waals surface area contributed by atoms with E-state index >= 15 is 0 Å². The number of ether oxygens (including phenoxy) is 1. The first-order valence-corrected chi connectivity index (χ1v) is 10.4. The molecule has 0 saturated carbocycles. The van der Waals surface area contributed by atoms with E-state index in [1.807, 2.05) is 79.7 Å². The summed E-state index contributed by atoms with van der Waals surface area (Å²) in [5.74, 6) is 0.371. The maximum absolute atomic E-state index is 10.0. The van der Waals surface area contributed by atoms with Crippen LogP contribution in [0.4, 0.5) is 0 Å². The molecule has 32 heavy (non-hydrogen) atoms. The predicted octanol–water partition coefficient (Wildman–Crippen LogP) is 5.46. The number of fused-ring (bicyclic) bond motifs is 7. The first-order chi connectivity index (χ1) is 15.7. The van der Waals surface area contributed by atoms with Crippen LogP contribution in [0.15, 0.2) is 84.3 Å². The second-order valence-electron chi connectivity index (χ2n) is 8.03. The van der Waals surface area contributed by atoms with Crippen molar-refractivity contribution >= 4 is 32.8 Å². The first kappa shape index (κ1) is 18.3. The van der Waals surface area contributed by atoms with Crippen LogP contribution in [0.5, 0.6) is 5.75 Å². The Balaban J connectivity index is 1.82. The topological polar surface area (TPSA) is 84.8 Å². The van der Waals surface area contributed by atoms with Crippen LogP contribution < -0.4 is 10.5 Å². The number of aryl methyl sites for hydroxylation is 1. The highest BCUT2D eigenvalue weighted by Crippen LogP contribution is 2.49. The number of hydrogen-bond donors (Lipinski definition) is 1. The van der Waals surface area contributed by atoms with Crippen molar-refractivity contribution in [1.29, 1.82) is 5.26 Å². The Morgan fingerprint density at radius 1 is 0.844 bits per heavy atom. The molecule has 0 amide bonds. The van der Waals surface area contributed by atoms with E-state index in [4.69, 9.17) is 20.4 Å². The second kappa shape index (κ2) is 6.79. The lowest BCUT2D eigenvalue weighted by atomic mass is 9.81. The molecule has 0 radical (unpaired) electrons. The number of benzene rings is 4. The summed E-state index contributed by atoms with van der Waals surface area (Å²) in [6.07, 6.45) is 0. The molecule has 152 valence electrons. The Kier molecular flexibility index (Phi) is 3.89. The van der Waals surface area contributed by atoms with Gasteiger partial charge in [-0.15, -0.1) is 0 Å². The highest BCUT2D eigenvalue weighted by atomic mass is 16.5. The molecule has 1 atom stereocenters. The maximum atomic E-state index is 10.0. The Hall–Kier alpha value is -4.43. The van der Waals surface area contributed by atoms with Gasteiger partial charge in [-0.3, -0.25) is 0 Å². The fourth-order valence-electron chi connectivity index (χ4n) is 4.56. The first-order valence-electron chi connectivity index (χ1n) is 10.4. The lowest BCUT2D eigenvalue weighted by molar-refractivity contribution is 0.399. The van der Waals surface area contributed by atoms with Gasteiger partial charge in [0.2, 0.25) is 5.88 Å². The average molecular weight is 414 g/mol. The molecule has 2 N–H and O–H groups in total. The van der Waals surface area contributed by atoms with Crippen LogP contribution in [0.25, 0.3) is 32.8 Å². The van der Waals surface area contributed by atoms with Gasteiger partial charge in [0.25, 0.3) is 0 Å². The minimum absolute atomic E-state index is 0.129. The molecule has 5 heteroatoms. The molecule has 0 saturated heterocycles. The van der Waals surface area contributed by atoms with E-state index in [1.165, 1.54) is 0 Å². The Morgan fingerprint density at radius 2 is 1.47 bits per heavy atom. The Labute approximate surface area is 184 Å². The number of aromatic nitrogens is 2. The molecule has 0 spiro atoms. The van der Waals surface area contributed by atoms with Gasteiger partial charge in [0.05, 0.1) is 28.0 Å². The summed E-state index contributed by atoms with van der Waals surface area (Å²) in [6.45, 7) is 2.04. The summed E-state index contributed by atoms with van der Waals surface area (Å²) in [4.78, 5) is 9.99. The fraction of sp³-hybridized carbons (Fsp3) is 0.0741. The van der Waals surface area contributed by atoms with Gasteiger partial charge in [0.15, 0.2) is 0 Å². The molecular weight excluding hydrogens is 396 g/mol. The fourth-order valence-corrected chi connectivity index (χ4v) is 4.56. The summed E-state index contributed by atoms with van der Waals surface area (Å²) in [6, 6.07) is 26.2. The zero-order valence-corrected chi connectivity index (χ0v) is 17.3. The zero-order valence-electron chi connectivity index (χ0n) is 17.3. The average Bonchev–Trinajstić information content (AvgIpc) is 2.83. The van der Waals surface area contributed by atoms with E-state index in [0.717, 1.165) is 49.5 Å². The van der Waals surface area contributed by atoms with Gasteiger partial charge in [-0.2, -0.15) is 5.26 Å². The molecule has 5 aromatic rings. The van der Waals surface area contributed by atoms with E-state index in [1.54, 1.807) is 0 Å². The van der Waals surface area contributed by atoms with Crippen molar-refractivity contribution in [3.8, 4) is 11.8 Å². The molecule has 5 nitrogen and oxygen atoms in total. The van der Waals surface area contributed by atoms with Crippen molar-refractivity contribution in [2.75, 3.05) is 0 Å². The van der Waals surface area contributed by atoms with Crippen molar-refractivity contribution in [1.82, 2.24) is 9.97 Å². The lowest BCUT2D eigenvalue weighted by Crippen LogP contribution is -2.22. The number of hydrogen-bond acceptors (Lipinski definition) is 5. The molecule has 1 aliphatic rings. The molecular formula is C27H18N4O. The number of nitrogens with zero attached hydrogens (tertiary/aromatic N) is 3. The van der Waals surface area contributed by atoms with E-state index in [2.05, 4.69) is 6.07 Å². The van der Waals surface area contributed by atoms with E-state index in [-0.39, 0.29) is 5.88 Å². The summed E-state index contributed by atoms with van der Waals surface area (Å²) >= 11 is 0. The van der Waals surface area contributed by atoms with Gasteiger partial charge in [-0.1, -0.05) is 66.2 Å². The number of nitrogens with two attached hydrogens (primary N) is 1. The van der Waals surface area contributed by atoms with Crippen LogP contribution >= 0.6 is 0 Å². The third-order valence-electron chi connectivity index (χ3n) is 6.08. The van der Waals surface area contributed by atoms with Crippen molar-refractivity contribution in [2.45, 2.75) is 12.8 Å². The SMILES string of the molecule is Cc1ccc(C2C(C#N)=C(N)Oc3c2c2nc4ccccc4nc2c2ccccc32)cc1. The van der Waals surface area contributed by atoms with Crippen molar-refractivity contribution in [2.24, 2.45) is 5.73 Å². The normalized spacial score (nSPS) is 15.6. The van der Waals surface area contributed by atoms with Gasteiger partial charge in [-0.25, -0.2) is 9.97 Å². The van der Waals surface area contributed by atoms with Crippen molar-refractivity contribution in [3.05, 3.63) is 101 Å². The van der Waals surface area contributed by atoms with Gasteiger partial charge < -0.3 is 10.5 Å². The van der Waals surface area contributed by atoms with Crippen molar-refractivity contribution < 1.29 is 4.74 Å². The highest BCUT2D eigenvalue weighted by molar-refractivity contribution is 6.11. The smallest absolute Gasteiger partial charge is 0.205 e. The Morgan fingerprint density at radius 3 is 2.16 bits per heavy atom. The third-order valence-corrected chi connectivity index (χ3v) is 6.08. The van der Waals surface area contributed by atoms with E-state index in [9.17, 15) is 5.26 Å². The number of para-hydroxylation sites is 2. The molecule has 0 aliphatic carbocycles. The van der Waals surface area contributed by atoms with Crippen LogP contribution in [0.3, 0.4) is 0 Å². The Bertz CT molecular complexity index is 1630. The summed E-state index contributed by atoms with van der Waals surface area (Å²) in [7, 11) is 0. The molecule has 0 fully saturated rings. The lowest BCUT2D eigenvalue weighted by Gasteiger charge is -2.28. The molecule has 6 rings (SSSR count). The van der Waals surface area contributed by atoms with Gasteiger partial charge in [0.1, 0.15) is 17.4 Å². The minimum atomic E-state index is -0.396. The molecule has 2 heterocycles. The quantitative estimate of drug-likeness (QED) is 0.291. The molecule has 4 aromatic carbocycles. The largest absolute Gasteiger partial charge is 0.439 e. The van der Waals surface area contributed by atoms with Crippen molar-refractivity contribution in [3.63, 3.8) is 0 Å². The third kappa shape index (κ3) is 2.57. The molecule has 1 aliphatic heterocycles. The number of allylic oxidation sites excluding steroid dienone is 1. The number of nitriles is 1. The van der Waals surface area contributed by atoms with Gasteiger partial charge in [-0.05, 0) is 24.6 Å². The minimum Gasteiger partial charge on any atom is -0.439 e. The predicted molar refractivity (Wildman–Crippen MR) is 125 cm³/mol. The monoisotopic (exact) mass is 414 g/mol. The van der Waals surface area contributed by atoms with Crippen LogP contribution in [-0.2, 0) is 0 Å². The van der Waals surface area contributed by atoms with E-state index < -0.39 is 5.92 Å². The number of rotatable bonds is 1. The maximum Gasteiger partial charge on any atom is 0.205 e. The summed E-state index contributed by atoms with van der Waals surface area (Å²) in [5, 5.41) is 11.9. The summed E-state index contributed by atoms with van der Waals surface area (Å²) < 4.78 is 6.11. The van der Waals surface area contributed by atoms with Gasteiger partial charge >= 0.3 is 0 Å². The van der Waals surface area contributed by atoms with Crippen LogP contribution in [0.1, 0.15) is 22.6 Å². The van der Waals surface area contributed by atoms with Crippen LogP contribution in [-0.4, -0.2) is 9.97 Å².